The Hall–Kier alpha value is -3.55. The zero-order valence-electron chi connectivity index (χ0n) is 20.8. The summed E-state index contributed by atoms with van der Waals surface area (Å²) in [6.07, 6.45) is 15.9. The number of ether oxygens (including phenoxy) is 1. The van der Waals surface area contributed by atoms with Crippen molar-refractivity contribution in [1.82, 2.24) is 19.5 Å². The molecule has 0 unspecified atom stereocenters. The molecule has 188 valence electrons. The molecule has 8 heteroatoms. The molecule has 1 aromatic heterocycles. The van der Waals surface area contributed by atoms with Crippen LogP contribution in [0.4, 0.5) is 11.5 Å². The third-order valence-corrected chi connectivity index (χ3v) is 7.38. The molecule has 1 N–H and O–H groups in total. The average Bonchev–Trinajstić information content (AvgIpc) is 2.94. The SMILES string of the molecule is COC1CCC(N=c2cc3n(-c4ccc(Cl)cc4)c4c(nc-3cc2Nc2cnccn2)=CCCC=4)CC1. The van der Waals surface area contributed by atoms with E-state index in [4.69, 9.17) is 26.3 Å². The molecule has 3 aliphatic carbocycles. The Morgan fingerprint density at radius 2 is 1.84 bits per heavy atom. The van der Waals surface area contributed by atoms with Crippen molar-refractivity contribution < 1.29 is 4.74 Å². The summed E-state index contributed by atoms with van der Waals surface area (Å²) in [5.74, 6) is 0.671. The van der Waals surface area contributed by atoms with Gasteiger partial charge in [0, 0.05) is 30.2 Å². The molecule has 4 aliphatic rings. The number of rotatable bonds is 5. The predicted octanol–water partition coefficient (Wildman–Crippen LogP) is 4.38. The number of hydrogen-bond donors (Lipinski definition) is 1. The van der Waals surface area contributed by atoms with Gasteiger partial charge in [-0.15, -0.1) is 0 Å². The monoisotopic (exact) mass is 512 g/mol. The average molecular weight is 513 g/mol. The molecular weight excluding hydrogens is 484 g/mol. The fraction of sp³-hybridized carbons (Fsp3) is 0.310. The summed E-state index contributed by atoms with van der Waals surface area (Å²) in [5.41, 5.74) is 3.80. The lowest BCUT2D eigenvalue weighted by Gasteiger charge is -2.25. The summed E-state index contributed by atoms with van der Waals surface area (Å²) in [6.45, 7) is 0. The summed E-state index contributed by atoms with van der Waals surface area (Å²) in [6, 6.07) is 12.4. The van der Waals surface area contributed by atoms with Crippen molar-refractivity contribution in [3.63, 3.8) is 0 Å². The molecule has 1 saturated carbocycles. The fourth-order valence-electron chi connectivity index (χ4n) is 5.24. The summed E-state index contributed by atoms with van der Waals surface area (Å²) in [4.78, 5) is 19.0. The maximum Gasteiger partial charge on any atom is 0.148 e. The molecule has 2 aromatic rings. The van der Waals surface area contributed by atoms with Crippen molar-refractivity contribution in [3.05, 3.63) is 76.1 Å². The number of halogens is 1. The Labute approximate surface area is 220 Å². The first kappa shape index (κ1) is 23.8. The minimum atomic E-state index is 0.237. The van der Waals surface area contributed by atoms with Crippen LogP contribution in [-0.4, -0.2) is 38.8 Å². The zero-order chi connectivity index (χ0) is 25.2. The van der Waals surface area contributed by atoms with Crippen LogP contribution in [0.2, 0.25) is 5.02 Å². The van der Waals surface area contributed by atoms with Crippen LogP contribution >= 0.6 is 11.6 Å². The molecular formula is C29H29ClN6O. The van der Waals surface area contributed by atoms with E-state index in [2.05, 4.69) is 56.3 Å². The van der Waals surface area contributed by atoms with Gasteiger partial charge in [0.25, 0.3) is 0 Å². The molecule has 0 radical (unpaired) electrons. The van der Waals surface area contributed by atoms with Gasteiger partial charge in [-0.05, 0) is 74.9 Å². The molecule has 7 nitrogen and oxygen atoms in total. The van der Waals surface area contributed by atoms with Gasteiger partial charge in [0.15, 0.2) is 0 Å². The van der Waals surface area contributed by atoms with Crippen LogP contribution in [0.25, 0.3) is 29.2 Å². The number of nitrogens with zero attached hydrogens (tertiary/aromatic N) is 5. The molecule has 0 bridgehead atoms. The Morgan fingerprint density at radius 3 is 2.59 bits per heavy atom. The fourth-order valence-corrected chi connectivity index (χ4v) is 5.36. The minimum Gasteiger partial charge on any atom is -0.381 e. The first-order chi connectivity index (χ1) is 18.2. The Morgan fingerprint density at radius 1 is 1.03 bits per heavy atom. The Balaban J connectivity index is 1.57. The molecule has 37 heavy (non-hydrogen) atoms. The lowest BCUT2D eigenvalue weighted by Crippen LogP contribution is -2.40. The standard InChI is InChI=1S/C29H29ClN6O/c1-37-22-12-8-20(9-13-22)33-25-17-28-26(16-24(25)35-29-18-31-14-15-32-29)34-23-4-2-3-5-27(23)36(28)21-10-6-19(30)7-11-21/h4-7,10-11,14-18,20,22H,2-3,8-9,12-13H2,1H3,(H,32,35). The van der Waals surface area contributed by atoms with Crippen LogP contribution in [0.5, 0.6) is 0 Å². The van der Waals surface area contributed by atoms with E-state index >= 15 is 0 Å². The van der Waals surface area contributed by atoms with Gasteiger partial charge in [0.2, 0.25) is 0 Å². The largest absolute Gasteiger partial charge is 0.381 e. The first-order valence-corrected chi connectivity index (χ1v) is 13.2. The van der Waals surface area contributed by atoms with Crippen molar-refractivity contribution in [3.8, 4) is 17.1 Å². The molecule has 0 saturated heterocycles. The van der Waals surface area contributed by atoms with Crippen LogP contribution in [-0.2, 0) is 4.74 Å². The van der Waals surface area contributed by atoms with Crippen LogP contribution in [0, 0.1) is 0 Å². The molecule has 0 atom stereocenters. The van der Waals surface area contributed by atoms with E-state index in [0.717, 1.165) is 77.3 Å². The van der Waals surface area contributed by atoms with Gasteiger partial charge in [-0.2, -0.15) is 0 Å². The third-order valence-electron chi connectivity index (χ3n) is 7.13. The van der Waals surface area contributed by atoms with Gasteiger partial charge in [-0.3, -0.25) is 9.98 Å². The van der Waals surface area contributed by atoms with E-state index in [0.29, 0.717) is 16.9 Å². The topological polar surface area (TPSA) is 77.2 Å². The molecule has 2 heterocycles. The second-order valence-corrected chi connectivity index (χ2v) is 9.99. The van der Waals surface area contributed by atoms with Crippen molar-refractivity contribution in [2.45, 2.75) is 50.7 Å². The normalized spacial score (nSPS) is 19.7. The van der Waals surface area contributed by atoms with Crippen molar-refractivity contribution >= 4 is 35.3 Å². The highest BCUT2D eigenvalue weighted by Gasteiger charge is 2.21. The Bertz CT molecular complexity index is 1560. The highest BCUT2D eigenvalue weighted by molar-refractivity contribution is 6.30. The highest BCUT2D eigenvalue weighted by atomic mass is 35.5. The van der Waals surface area contributed by atoms with Crippen molar-refractivity contribution in [1.29, 1.82) is 0 Å². The second kappa shape index (κ2) is 10.4. The van der Waals surface area contributed by atoms with E-state index in [1.807, 2.05) is 12.1 Å². The number of benzene rings is 2. The number of hydrogen-bond acceptors (Lipinski definition) is 6. The van der Waals surface area contributed by atoms with Crippen LogP contribution < -0.4 is 21.4 Å². The van der Waals surface area contributed by atoms with E-state index in [-0.39, 0.29) is 6.04 Å². The molecule has 6 rings (SSSR count). The maximum atomic E-state index is 6.23. The number of fused-ring (bicyclic) bond motifs is 2. The number of aromatic nitrogens is 4. The summed E-state index contributed by atoms with van der Waals surface area (Å²) < 4.78 is 7.85. The van der Waals surface area contributed by atoms with Crippen LogP contribution in [0.15, 0.2) is 60.0 Å². The van der Waals surface area contributed by atoms with Crippen LogP contribution in [0.3, 0.4) is 0 Å². The molecule has 0 spiro atoms. The van der Waals surface area contributed by atoms with E-state index in [1.165, 1.54) is 0 Å². The van der Waals surface area contributed by atoms with Gasteiger partial charge in [-0.1, -0.05) is 23.8 Å². The summed E-state index contributed by atoms with van der Waals surface area (Å²) in [7, 11) is 1.80. The van der Waals surface area contributed by atoms with E-state index < -0.39 is 0 Å². The van der Waals surface area contributed by atoms with Gasteiger partial charge in [-0.25, -0.2) is 9.97 Å². The quantitative estimate of drug-likeness (QED) is 0.429. The first-order valence-electron chi connectivity index (χ1n) is 12.8. The summed E-state index contributed by atoms with van der Waals surface area (Å²) >= 11 is 6.23. The lowest BCUT2D eigenvalue weighted by molar-refractivity contribution is 0.0663. The van der Waals surface area contributed by atoms with Crippen LogP contribution in [0.1, 0.15) is 38.5 Å². The lowest BCUT2D eigenvalue weighted by atomic mass is 9.93. The van der Waals surface area contributed by atoms with E-state index in [1.54, 1.807) is 25.7 Å². The minimum absolute atomic E-state index is 0.237. The van der Waals surface area contributed by atoms with Gasteiger partial charge >= 0.3 is 0 Å². The third kappa shape index (κ3) is 5.02. The molecule has 1 fully saturated rings. The van der Waals surface area contributed by atoms with Crippen molar-refractivity contribution in [2.75, 3.05) is 12.4 Å². The predicted molar refractivity (Wildman–Crippen MR) is 147 cm³/mol. The van der Waals surface area contributed by atoms with E-state index in [9.17, 15) is 0 Å². The van der Waals surface area contributed by atoms with Crippen molar-refractivity contribution in [2.24, 2.45) is 4.99 Å². The number of anilines is 2. The van der Waals surface area contributed by atoms with Gasteiger partial charge in [0.1, 0.15) is 5.82 Å². The number of nitrogens with one attached hydrogen (secondary N) is 1. The highest BCUT2D eigenvalue weighted by Crippen LogP contribution is 2.26. The molecule has 1 aromatic carbocycles. The second-order valence-electron chi connectivity index (χ2n) is 9.55. The molecule has 0 amide bonds. The van der Waals surface area contributed by atoms with Gasteiger partial charge in [0.05, 0.1) is 51.5 Å². The zero-order valence-corrected chi connectivity index (χ0v) is 21.5. The number of methoxy groups -OCH3 is 1. The molecule has 1 aliphatic heterocycles. The van der Waals surface area contributed by atoms with Gasteiger partial charge < -0.3 is 14.6 Å². The summed E-state index contributed by atoms with van der Waals surface area (Å²) in [5, 5.41) is 7.14. The Kier molecular flexibility index (Phi) is 6.72. The maximum absolute atomic E-state index is 6.23. The smallest absolute Gasteiger partial charge is 0.148 e.